The first-order valence-corrected chi connectivity index (χ1v) is 9.78. The number of nitrogens with one attached hydrogen (secondary N) is 1. The van der Waals surface area contributed by atoms with Gasteiger partial charge in [-0.15, -0.1) is 0 Å². The number of alkyl carbamates (subject to hydrolysis) is 1. The van der Waals surface area contributed by atoms with Crippen molar-refractivity contribution in [3.8, 4) is 11.1 Å². The van der Waals surface area contributed by atoms with Crippen molar-refractivity contribution in [3.63, 3.8) is 0 Å². The standard InChI is InChI=1S/C23H26N2O5/c1-23(2,3)30-20(26)12-19(21(24)27)25-22(28)29-13-18-16-10-6-4-8-14(16)15-9-5-7-11-17(15)18/h4-11,18-19H,12-13H2,1-3H3,(H2,24,27)(H,25,28). The van der Waals surface area contributed by atoms with E-state index in [0.29, 0.717) is 0 Å². The number of primary amides is 1. The van der Waals surface area contributed by atoms with Crippen LogP contribution in [0.1, 0.15) is 44.2 Å². The van der Waals surface area contributed by atoms with Crippen LogP contribution in [0.25, 0.3) is 11.1 Å². The molecule has 0 saturated heterocycles. The number of nitrogens with two attached hydrogens (primary N) is 1. The zero-order valence-corrected chi connectivity index (χ0v) is 17.3. The number of esters is 1. The van der Waals surface area contributed by atoms with E-state index in [1.54, 1.807) is 20.8 Å². The Hall–Kier alpha value is -3.35. The Morgan fingerprint density at radius 1 is 1.00 bits per heavy atom. The molecule has 0 aliphatic heterocycles. The third-order valence-corrected chi connectivity index (χ3v) is 4.77. The molecule has 0 bridgehead atoms. The fraction of sp³-hybridized carbons (Fsp3) is 0.348. The SMILES string of the molecule is CC(C)(C)OC(=O)CC(NC(=O)OCC1c2ccccc2-c2ccccc21)C(N)=O. The third kappa shape index (κ3) is 4.97. The monoisotopic (exact) mass is 410 g/mol. The first kappa shape index (κ1) is 21.4. The molecular formula is C23H26N2O5. The third-order valence-electron chi connectivity index (χ3n) is 4.77. The molecule has 2 amide bonds. The molecule has 0 fully saturated rings. The van der Waals surface area contributed by atoms with Crippen molar-refractivity contribution in [2.45, 2.75) is 44.8 Å². The van der Waals surface area contributed by atoms with Gasteiger partial charge >= 0.3 is 12.1 Å². The van der Waals surface area contributed by atoms with E-state index >= 15 is 0 Å². The van der Waals surface area contributed by atoms with Gasteiger partial charge in [0.05, 0.1) is 6.42 Å². The van der Waals surface area contributed by atoms with Crippen LogP contribution in [0, 0.1) is 0 Å². The van der Waals surface area contributed by atoms with Crippen molar-refractivity contribution in [2.24, 2.45) is 5.73 Å². The molecule has 3 rings (SSSR count). The molecule has 7 nitrogen and oxygen atoms in total. The van der Waals surface area contributed by atoms with Gasteiger partial charge in [0, 0.05) is 5.92 Å². The van der Waals surface area contributed by atoms with Crippen LogP contribution < -0.4 is 11.1 Å². The molecule has 7 heteroatoms. The van der Waals surface area contributed by atoms with Gasteiger partial charge in [-0.05, 0) is 43.0 Å². The second-order valence-electron chi connectivity index (χ2n) is 8.22. The largest absolute Gasteiger partial charge is 0.460 e. The summed E-state index contributed by atoms with van der Waals surface area (Å²) in [4.78, 5) is 36.0. The molecule has 1 aliphatic carbocycles. The van der Waals surface area contributed by atoms with Gasteiger partial charge in [-0.3, -0.25) is 9.59 Å². The highest BCUT2D eigenvalue weighted by atomic mass is 16.6. The number of carbonyl (C=O) groups is 3. The predicted octanol–water partition coefficient (Wildman–Crippen LogP) is 3.11. The number of amides is 2. The highest BCUT2D eigenvalue weighted by molar-refractivity contribution is 5.88. The topological polar surface area (TPSA) is 108 Å². The van der Waals surface area contributed by atoms with E-state index in [2.05, 4.69) is 5.32 Å². The number of rotatable bonds is 6. The van der Waals surface area contributed by atoms with Crippen LogP contribution >= 0.6 is 0 Å². The van der Waals surface area contributed by atoms with E-state index < -0.39 is 29.6 Å². The Kier molecular flexibility index (Phi) is 6.10. The lowest BCUT2D eigenvalue weighted by Crippen LogP contribution is -2.46. The molecule has 1 atom stereocenters. The quantitative estimate of drug-likeness (QED) is 0.712. The summed E-state index contributed by atoms with van der Waals surface area (Å²) in [6, 6.07) is 14.7. The highest BCUT2D eigenvalue weighted by Gasteiger charge is 2.30. The van der Waals surface area contributed by atoms with E-state index in [1.165, 1.54) is 0 Å². The van der Waals surface area contributed by atoms with Crippen molar-refractivity contribution < 1.29 is 23.9 Å². The molecule has 0 saturated carbocycles. The number of benzene rings is 2. The normalized spacial score (nSPS) is 13.7. The van der Waals surface area contributed by atoms with Gasteiger partial charge in [0.1, 0.15) is 18.2 Å². The van der Waals surface area contributed by atoms with Crippen molar-refractivity contribution in [2.75, 3.05) is 6.61 Å². The van der Waals surface area contributed by atoms with E-state index in [0.717, 1.165) is 22.3 Å². The summed E-state index contributed by atoms with van der Waals surface area (Å²) < 4.78 is 10.6. The van der Waals surface area contributed by atoms with Gasteiger partial charge in [-0.2, -0.15) is 0 Å². The van der Waals surface area contributed by atoms with E-state index in [4.69, 9.17) is 15.2 Å². The first-order valence-electron chi connectivity index (χ1n) is 9.78. The average Bonchev–Trinajstić information content (AvgIpc) is 2.98. The summed E-state index contributed by atoms with van der Waals surface area (Å²) in [6.07, 6.45) is -1.18. The molecule has 0 radical (unpaired) electrons. The van der Waals surface area contributed by atoms with Gasteiger partial charge in [-0.1, -0.05) is 48.5 Å². The Labute approximate surface area is 175 Å². The average molecular weight is 410 g/mol. The minimum atomic E-state index is -1.21. The highest BCUT2D eigenvalue weighted by Crippen LogP contribution is 2.44. The van der Waals surface area contributed by atoms with Crippen LogP contribution in [0.5, 0.6) is 0 Å². The minimum absolute atomic E-state index is 0.0950. The maximum atomic E-state index is 12.3. The number of hydrogen-bond acceptors (Lipinski definition) is 5. The van der Waals surface area contributed by atoms with E-state index in [1.807, 2.05) is 48.5 Å². The molecule has 0 spiro atoms. The number of hydrogen-bond donors (Lipinski definition) is 2. The van der Waals surface area contributed by atoms with Crippen LogP contribution in [-0.4, -0.2) is 36.2 Å². The lowest BCUT2D eigenvalue weighted by molar-refractivity contribution is -0.156. The maximum Gasteiger partial charge on any atom is 0.407 e. The predicted molar refractivity (Wildman–Crippen MR) is 112 cm³/mol. The van der Waals surface area contributed by atoms with E-state index in [-0.39, 0.29) is 18.9 Å². The second kappa shape index (κ2) is 8.57. The Morgan fingerprint density at radius 2 is 1.53 bits per heavy atom. The lowest BCUT2D eigenvalue weighted by atomic mass is 9.98. The molecule has 0 heterocycles. The molecule has 1 aliphatic rings. The van der Waals surface area contributed by atoms with Gasteiger partial charge in [-0.25, -0.2) is 4.79 Å². The molecular weight excluding hydrogens is 384 g/mol. The lowest BCUT2D eigenvalue weighted by Gasteiger charge is -2.22. The molecule has 30 heavy (non-hydrogen) atoms. The first-order chi connectivity index (χ1) is 14.2. The summed E-state index contributed by atoms with van der Waals surface area (Å²) in [5.41, 5.74) is 9.00. The van der Waals surface area contributed by atoms with Gasteiger partial charge in [0.25, 0.3) is 0 Å². The summed E-state index contributed by atoms with van der Waals surface area (Å²) in [5, 5.41) is 2.37. The van der Waals surface area contributed by atoms with Crippen LogP contribution in [0.2, 0.25) is 0 Å². The minimum Gasteiger partial charge on any atom is -0.460 e. The Bertz CT molecular complexity index is 919. The van der Waals surface area contributed by atoms with E-state index in [9.17, 15) is 14.4 Å². The summed E-state index contributed by atoms with van der Waals surface area (Å²) >= 11 is 0. The molecule has 158 valence electrons. The maximum absolute atomic E-state index is 12.3. The number of ether oxygens (including phenoxy) is 2. The van der Waals surface area contributed by atoms with Crippen LogP contribution in [0.15, 0.2) is 48.5 Å². The fourth-order valence-electron chi connectivity index (χ4n) is 3.55. The summed E-state index contributed by atoms with van der Waals surface area (Å²) in [7, 11) is 0. The fourth-order valence-corrected chi connectivity index (χ4v) is 3.55. The van der Waals surface area contributed by atoms with Crippen molar-refractivity contribution in [3.05, 3.63) is 59.7 Å². The Morgan fingerprint density at radius 3 is 2.03 bits per heavy atom. The summed E-state index contributed by atoms with van der Waals surface area (Å²) in [5.74, 6) is -1.58. The van der Waals surface area contributed by atoms with Crippen molar-refractivity contribution in [1.82, 2.24) is 5.32 Å². The Balaban J connectivity index is 1.64. The molecule has 0 aromatic heterocycles. The van der Waals surface area contributed by atoms with Crippen LogP contribution in [-0.2, 0) is 19.1 Å². The summed E-state index contributed by atoms with van der Waals surface area (Å²) in [6.45, 7) is 5.23. The molecule has 2 aromatic rings. The number of carbonyl (C=O) groups excluding carboxylic acids is 3. The molecule has 1 unspecified atom stereocenters. The number of fused-ring (bicyclic) bond motifs is 3. The van der Waals surface area contributed by atoms with Crippen LogP contribution in [0.4, 0.5) is 4.79 Å². The zero-order chi connectivity index (χ0) is 21.9. The van der Waals surface area contributed by atoms with Crippen LogP contribution in [0.3, 0.4) is 0 Å². The smallest absolute Gasteiger partial charge is 0.407 e. The van der Waals surface area contributed by atoms with Gasteiger partial charge in [0.2, 0.25) is 5.91 Å². The zero-order valence-electron chi connectivity index (χ0n) is 17.3. The molecule has 3 N–H and O–H groups in total. The second-order valence-corrected chi connectivity index (χ2v) is 8.22. The van der Waals surface area contributed by atoms with Crippen molar-refractivity contribution >= 4 is 18.0 Å². The molecule has 2 aromatic carbocycles. The van der Waals surface area contributed by atoms with Gasteiger partial charge < -0.3 is 20.5 Å². The van der Waals surface area contributed by atoms with Gasteiger partial charge in [0.15, 0.2) is 0 Å². The van der Waals surface area contributed by atoms with Crippen molar-refractivity contribution in [1.29, 1.82) is 0 Å².